The molecule has 6 nitrogen and oxygen atoms in total. The highest BCUT2D eigenvalue weighted by Gasteiger charge is 2.38. The van der Waals surface area contributed by atoms with Gasteiger partial charge in [0, 0.05) is 18.8 Å². The lowest BCUT2D eigenvalue weighted by molar-refractivity contribution is 0.0572. The van der Waals surface area contributed by atoms with Crippen LogP contribution < -0.4 is 5.73 Å². The van der Waals surface area contributed by atoms with Crippen molar-refractivity contribution in [2.45, 2.75) is 17.1 Å². The van der Waals surface area contributed by atoms with E-state index in [1.54, 1.807) is 0 Å². The van der Waals surface area contributed by atoms with Crippen LogP contribution in [0.4, 0.5) is 5.69 Å². The van der Waals surface area contributed by atoms with Crippen LogP contribution in [0.2, 0.25) is 5.02 Å². The molecule has 2 rings (SSSR count). The van der Waals surface area contributed by atoms with E-state index in [0.29, 0.717) is 5.69 Å². The van der Waals surface area contributed by atoms with Crippen molar-refractivity contribution < 1.29 is 18.6 Å². The standard InChI is InChI=1S/C10H13ClN2O4S/c11-7-3-6(12)1-2-10(7)18(16,17)13-4-8(14)9(15)5-13/h1-3,8-9,14-15H,4-5,12H2. The Hall–Kier alpha value is -0.860. The van der Waals surface area contributed by atoms with Crippen molar-refractivity contribution in [2.75, 3.05) is 18.8 Å². The second-order valence-corrected chi connectivity index (χ2v) is 6.46. The molecule has 100 valence electrons. The fourth-order valence-electron chi connectivity index (χ4n) is 1.80. The monoisotopic (exact) mass is 292 g/mol. The number of halogens is 1. The lowest BCUT2D eigenvalue weighted by Gasteiger charge is -2.16. The number of nitrogens with zero attached hydrogens (tertiary/aromatic N) is 1. The second kappa shape index (κ2) is 4.67. The van der Waals surface area contributed by atoms with Crippen LogP contribution in [0.5, 0.6) is 0 Å². The number of benzene rings is 1. The highest BCUT2D eigenvalue weighted by molar-refractivity contribution is 7.89. The highest BCUT2D eigenvalue weighted by Crippen LogP contribution is 2.28. The number of anilines is 1. The first-order valence-electron chi connectivity index (χ1n) is 5.23. The number of nitrogens with two attached hydrogens (primary N) is 1. The third-order valence-electron chi connectivity index (χ3n) is 2.80. The molecule has 4 N–H and O–H groups in total. The summed E-state index contributed by atoms with van der Waals surface area (Å²) in [6.07, 6.45) is -2.15. The van der Waals surface area contributed by atoms with Gasteiger partial charge in [-0.2, -0.15) is 4.31 Å². The molecule has 0 radical (unpaired) electrons. The lowest BCUT2D eigenvalue weighted by Crippen LogP contribution is -2.30. The van der Waals surface area contributed by atoms with E-state index in [4.69, 9.17) is 17.3 Å². The number of rotatable bonds is 2. The SMILES string of the molecule is Nc1ccc(S(=O)(=O)N2CC(O)C(O)C2)c(Cl)c1. The van der Waals surface area contributed by atoms with Crippen molar-refractivity contribution in [2.24, 2.45) is 0 Å². The molecule has 0 bridgehead atoms. The average Bonchev–Trinajstić information content (AvgIpc) is 2.59. The number of hydrogen-bond acceptors (Lipinski definition) is 5. The van der Waals surface area contributed by atoms with Gasteiger partial charge in [-0.25, -0.2) is 8.42 Å². The largest absolute Gasteiger partial charge is 0.399 e. The van der Waals surface area contributed by atoms with Crippen molar-refractivity contribution in [3.05, 3.63) is 23.2 Å². The second-order valence-electron chi connectivity index (χ2n) is 4.15. The van der Waals surface area contributed by atoms with Crippen molar-refractivity contribution in [1.82, 2.24) is 4.31 Å². The van der Waals surface area contributed by atoms with E-state index in [9.17, 15) is 18.6 Å². The quantitative estimate of drug-likeness (QED) is 0.646. The minimum atomic E-state index is -3.83. The maximum Gasteiger partial charge on any atom is 0.244 e. The van der Waals surface area contributed by atoms with Crippen LogP contribution in [0.3, 0.4) is 0 Å². The maximum atomic E-state index is 12.2. The Kier molecular flexibility index (Phi) is 3.52. The predicted octanol–water partition coefficient (Wildman–Crippen LogP) is -0.352. The molecule has 1 aromatic carbocycles. The Morgan fingerprint density at radius 1 is 1.28 bits per heavy atom. The normalized spacial score (nSPS) is 25.5. The summed E-state index contributed by atoms with van der Waals surface area (Å²) in [5.74, 6) is 0. The highest BCUT2D eigenvalue weighted by atomic mass is 35.5. The third kappa shape index (κ3) is 2.32. The Morgan fingerprint density at radius 2 is 1.83 bits per heavy atom. The Bertz CT molecular complexity index is 553. The molecule has 1 fully saturated rings. The molecule has 2 atom stereocenters. The van der Waals surface area contributed by atoms with Gasteiger partial charge in [-0.3, -0.25) is 0 Å². The van der Waals surface area contributed by atoms with E-state index in [1.165, 1.54) is 18.2 Å². The van der Waals surface area contributed by atoms with Gasteiger partial charge < -0.3 is 15.9 Å². The zero-order valence-electron chi connectivity index (χ0n) is 9.32. The number of β-amino-alcohol motifs (C(OH)–C–C–N with tert-alkyl or cyclic N) is 2. The molecule has 1 aromatic rings. The fraction of sp³-hybridized carbons (Fsp3) is 0.400. The summed E-state index contributed by atoms with van der Waals surface area (Å²) in [4.78, 5) is -0.0836. The van der Waals surface area contributed by atoms with Crippen molar-refractivity contribution in [3.8, 4) is 0 Å². The number of hydrogen-bond donors (Lipinski definition) is 3. The minimum Gasteiger partial charge on any atom is -0.399 e. The van der Waals surface area contributed by atoms with E-state index >= 15 is 0 Å². The molecule has 1 aliphatic heterocycles. The van der Waals surface area contributed by atoms with E-state index < -0.39 is 22.2 Å². The summed E-state index contributed by atoms with van der Waals surface area (Å²) < 4.78 is 25.5. The van der Waals surface area contributed by atoms with Gasteiger partial charge in [-0.1, -0.05) is 11.6 Å². The summed E-state index contributed by atoms with van der Waals surface area (Å²) in [7, 11) is -3.83. The molecule has 1 heterocycles. The van der Waals surface area contributed by atoms with E-state index in [-0.39, 0.29) is 23.0 Å². The number of aliphatic hydroxyl groups is 2. The molecular weight excluding hydrogens is 280 g/mol. The lowest BCUT2D eigenvalue weighted by atomic mass is 10.3. The summed E-state index contributed by atoms with van der Waals surface area (Å²) in [6.45, 7) is -0.297. The van der Waals surface area contributed by atoms with Crippen LogP contribution in [0.15, 0.2) is 23.1 Å². The smallest absolute Gasteiger partial charge is 0.244 e. The Morgan fingerprint density at radius 3 is 2.33 bits per heavy atom. The Balaban J connectivity index is 2.37. The Labute approximate surface area is 110 Å². The first kappa shape index (κ1) is 13.6. The third-order valence-corrected chi connectivity index (χ3v) is 5.11. The first-order chi connectivity index (χ1) is 8.32. The van der Waals surface area contributed by atoms with Gasteiger partial charge >= 0.3 is 0 Å². The van der Waals surface area contributed by atoms with Gasteiger partial charge in [0.15, 0.2) is 0 Å². The number of aliphatic hydroxyl groups excluding tert-OH is 2. The van der Waals surface area contributed by atoms with Gasteiger partial charge in [0.2, 0.25) is 10.0 Å². The zero-order valence-corrected chi connectivity index (χ0v) is 10.9. The van der Waals surface area contributed by atoms with Gasteiger partial charge in [0.1, 0.15) is 4.90 Å². The summed E-state index contributed by atoms with van der Waals surface area (Å²) in [5.41, 5.74) is 5.86. The number of sulfonamides is 1. The summed E-state index contributed by atoms with van der Waals surface area (Å²) in [6, 6.07) is 4.09. The van der Waals surface area contributed by atoms with Crippen LogP contribution in [0.1, 0.15) is 0 Å². The summed E-state index contributed by atoms with van der Waals surface area (Å²) in [5, 5.41) is 18.8. The summed E-state index contributed by atoms with van der Waals surface area (Å²) >= 11 is 5.85. The van der Waals surface area contributed by atoms with Crippen molar-refractivity contribution in [1.29, 1.82) is 0 Å². The van der Waals surface area contributed by atoms with Crippen LogP contribution in [0.25, 0.3) is 0 Å². The van der Waals surface area contributed by atoms with E-state index in [0.717, 1.165) is 4.31 Å². The molecular formula is C10H13ClN2O4S. The molecule has 1 saturated heterocycles. The molecule has 0 spiro atoms. The van der Waals surface area contributed by atoms with Gasteiger partial charge in [0.05, 0.1) is 17.2 Å². The van der Waals surface area contributed by atoms with Crippen LogP contribution in [-0.2, 0) is 10.0 Å². The van der Waals surface area contributed by atoms with Gasteiger partial charge in [-0.15, -0.1) is 0 Å². The fourth-order valence-corrected chi connectivity index (χ4v) is 3.80. The minimum absolute atomic E-state index is 0.0193. The van der Waals surface area contributed by atoms with Gasteiger partial charge in [0.25, 0.3) is 0 Å². The molecule has 8 heteroatoms. The molecule has 1 aliphatic rings. The molecule has 18 heavy (non-hydrogen) atoms. The molecule has 0 aromatic heterocycles. The van der Waals surface area contributed by atoms with E-state index in [1.807, 2.05) is 0 Å². The molecule has 2 unspecified atom stereocenters. The van der Waals surface area contributed by atoms with Crippen LogP contribution >= 0.6 is 11.6 Å². The predicted molar refractivity (Wildman–Crippen MR) is 66.6 cm³/mol. The van der Waals surface area contributed by atoms with Crippen LogP contribution in [-0.4, -0.2) is 48.2 Å². The average molecular weight is 293 g/mol. The molecule has 0 aliphatic carbocycles. The van der Waals surface area contributed by atoms with Crippen LogP contribution in [0, 0.1) is 0 Å². The van der Waals surface area contributed by atoms with Crippen molar-refractivity contribution >= 4 is 27.3 Å². The molecule has 0 amide bonds. The molecule has 0 saturated carbocycles. The van der Waals surface area contributed by atoms with Crippen molar-refractivity contribution in [3.63, 3.8) is 0 Å². The topological polar surface area (TPSA) is 104 Å². The van der Waals surface area contributed by atoms with E-state index in [2.05, 4.69) is 0 Å². The zero-order chi connectivity index (χ0) is 13.5. The maximum absolute atomic E-state index is 12.2. The first-order valence-corrected chi connectivity index (χ1v) is 7.05. The van der Waals surface area contributed by atoms with Gasteiger partial charge in [-0.05, 0) is 18.2 Å². The number of nitrogen functional groups attached to an aromatic ring is 1.